The molecule has 0 amide bonds. The van der Waals surface area contributed by atoms with E-state index in [1.165, 1.54) is 16.0 Å². The van der Waals surface area contributed by atoms with Crippen molar-refractivity contribution in [3.8, 4) is 11.3 Å². The summed E-state index contributed by atoms with van der Waals surface area (Å²) in [6, 6.07) is 12.8. The fourth-order valence-electron chi connectivity index (χ4n) is 4.80. The number of thioether (sulfide) groups is 1. The van der Waals surface area contributed by atoms with Crippen LogP contribution in [0.5, 0.6) is 0 Å². The maximum absolute atomic E-state index is 6.47. The van der Waals surface area contributed by atoms with Gasteiger partial charge in [-0.2, -0.15) is 0 Å². The summed E-state index contributed by atoms with van der Waals surface area (Å²) >= 11 is 1.66. The molecule has 34 heavy (non-hydrogen) atoms. The lowest BCUT2D eigenvalue weighted by Crippen LogP contribution is -2.12. The van der Waals surface area contributed by atoms with Crippen LogP contribution in [0.4, 0.5) is 0 Å². The zero-order valence-corrected chi connectivity index (χ0v) is 21.6. The Bertz CT molecular complexity index is 1550. The van der Waals surface area contributed by atoms with Crippen LogP contribution in [0.25, 0.3) is 44.2 Å². The van der Waals surface area contributed by atoms with Gasteiger partial charge < -0.3 is 8.83 Å². The minimum atomic E-state index is 0.000593. The normalized spacial score (nSPS) is 12.4. The maximum atomic E-state index is 6.47. The molecule has 0 saturated carbocycles. The predicted octanol–water partition coefficient (Wildman–Crippen LogP) is 9.43. The SMILES string of the molecule is C=CSc1ccc(-c2nccc3oc4c(ccc5oc(CC(C)C)c(C)c54)c23)cc1C(C)(C)C. The van der Waals surface area contributed by atoms with Gasteiger partial charge in [0.25, 0.3) is 0 Å². The molecule has 3 nitrogen and oxygen atoms in total. The second kappa shape index (κ2) is 8.35. The summed E-state index contributed by atoms with van der Waals surface area (Å²) in [5.41, 5.74) is 7.11. The Morgan fingerprint density at radius 2 is 1.79 bits per heavy atom. The fourth-order valence-corrected chi connectivity index (χ4v) is 5.61. The van der Waals surface area contributed by atoms with Crippen molar-refractivity contribution >= 4 is 44.7 Å². The Morgan fingerprint density at radius 3 is 2.50 bits per heavy atom. The third kappa shape index (κ3) is 3.74. The van der Waals surface area contributed by atoms with Crippen molar-refractivity contribution in [3.63, 3.8) is 0 Å². The van der Waals surface area contributed by atoms with Gasteiger partial charge in [-0.3, -0.25) is 4.98 Å². The summed E-state index contributed by atoms with van der Waals surface area (Å²) in [6.07, 6.45) is 2.76. The molecule has 5 rings (SSSR count). The third-order valence-electron chi connectivity index (χ3n) is 6.40. The van der Waals surface area contributed by atoms with Gasteiger partial charge >= 0.3 is 0 Å². The molecular formula is C30H31NO2S. The van der Waals surface area contributed by atoms with Crippen LogP contribution in [0.1, 0.15) is 51.5 Å². The topological polar surface area (TPSA) is 39.2 Å². The van der Waals surface area contributed by atoms with E-state index in [1.807, 2.05) is 17.7 Å². The van der Waals surface area contributed by atoms with E-state index in [4.69, 9.17) is 13.8 Å². The highest BCUT2D eigenvalue weighted by Crippen LogP contribution is 2.42. The number of rotatable bonds is 5. The quantitative estimate of drug-likeness (QED) is 0.240. The van der Waals surface area contributed by atoms with Crippen LogP contribution in [-0.2, 0) is 11.8 Å². The van der Waals surface area contributed by atoms with Crippen molar-refractivity contribution in [2.24, 2.45) is 5.92 Å². The Hall–Kier alpha value is -2.98. The highest BCUT2D eigenvalue weighted by molar-refractivity contribution is 8.02. The molecule has 0 aliphatic heterocycles. The number of nitrogens with zero attached hydrogens (tertiary/aromatic N) is 1. The van der Waals surface area contributed by atoms with Crippen LogP contribution in [-0.4, -0.2) is 4.98 Å². The number of benzene rings is 2. The van der Waals surface area contributed by atoms with Crippen LogP contribution in [0.3, 0.4) is 0 Å². The van der Waals surface area contributed by atoms with Gasteiger partial charge in [0.05, 0.1) is 16.5 Å². The smallest absolute Gasteiger partial charge is 0.146 e. The maximum Gasteiger partial charge on any atom is 0.146 e. The summed E-state index contributed by atoms with van der Waals surface area (Å²) in [4.78, 5) is 6.06. The number of aromatic nitrogens is 1. The minimum Gasteiger partial charge on any atom is -0.461 e. The second-order valence-corrected chi connectivity index (χ2v) is 11.5. The summed E-state index contributed by atoms with van der Waals surface area (Å²) in [6.45, 7) is 17.2. The molecule has 0 bridgehead atoms. The van der Waals surface area contributed by atoms with E-state index in [9.17, 15) is 0 Å². The lowest BCUT2D eigenvalue weighted by molar-refractivity contribution is 0.496. The van der Waals surface area contributed by atoms with E-state index in [2.05, 4.69) is 78.5 Å². The van der Waals surface area contributed by atoms with E-state index in [-0.39, 0.29) is 5.41 Å². The van der Waals surface area contributed by atoms with Crippen molar-refractivity contribution in [1.29, 1.82) is 0 Å². The lowest BCUT2D eigenvalue weighted by Gasteiger charge is -2.23. The molecule has 3 heterocycles. The Labute approximate surface area is 205 Å². The first-order chi connectivity index (χ1) is 16.2. The summed E-state index contributed by atoms with van der Waals surface area (Å²) in [5, 5.41) is 5.09. The first-order valence-corrected chi connectivity index (χ1v) is 12.7. The molecule has 0 radical (unpaired) electrons. The number of hydrogen-bond donors (Lipinski definition) is 0. The number of hydrogen-bond acceptors (Lipinski definition) is 4. The molecule has 0 aliphatic carbocycles. The number of pyridine rings is 1. The van der Waals surface area contributed by atoms with Crippen molar-refractivity contribution in [1.82, 2.24) is 4.98 Å². The zero-order chi connectivity index (χ0) is 24.2. The third-order valence-corrected chi connectivity index (χ3v) is 7.18. The molecule has 0 N–H and O–H groups in total. The first kappa shape index (κ1) is 22.8. The average molecular weight is 470 g/mol. The van der Waals surface area contributed by atoms with E-state index in [1.54, 1.807) is 11.8 Å². The minimum absolute atomic E-state index is 0.000593. The van der Waals surface area contributed by atoms with Gasteiger partial charge in [0.15, 0.2) is 0 Å². The van der Waals surface area contributed by atoms with Gasteiger partial charge in [0.2, 0.25) is 0 Å². The van der Waals surface area contributed by atoms with Crippen LogP contribution in [0.15, 0.2) is 68.3 Å². The highest BCUT2D eigenvalue weighted by atomic mass is 32.2. The second-order valence-electron chi connectivity index (χ2n) is 10.4. The molecule has 174 valence electrons. The Balaban J connectivity index is 1.77. The monoisotopic (exact) mass is 469 g/mol. The van der Waals surface area contributed by atoms with Crippen LogP contribution in [0.2, 0.25) is 0 Å². The van der Waals surface area contributed by atoms with Gasteiger partial charge in [-0.1, -0.05) is 59.0 Å². The average Bonchev–Trinajstić information content (AvgIpc) is 3.30. The molecule has 5 aromatic rings. The number of fused-ring (bicyclic) bond motifs is 5. The molecule has 0 spiro atoms. The van der Waals surface area contributed by atoms with Crippen molar-refractivity contribution < 1.29 is 8.83 Å². The van der Waals surface area contributed by atoms with Gasteiger partial charge in [-0.05, 0) is 59.6 Å². The summed E-state index contributed by atoms with van der Waals surface area (Å²) in [7, 11) is 0. The molecule has 0 aliphatic rings. The standard InChI is InChI=1S/C30H31NO2S/c1-8-34-25-12-9-19(16-21(25)30(5,6)7)28-27-20-10-11-22-26(18(4)24(32-22)15-17(2)3)29(20)33-23(27)13-14-31-28/h8-14,16-17H,1,15H2,2-7H3. The van der Waals surface area contributed by atoms with Crippen molar-refractivity contribution in [3.05, 3.63) is 71.5 Å². The van der Waals surface area contributed by atoms with Gasteiger partial charge in [-0.25, -0.2) is 0 Å². The molecule has 0 fully saturated rings. The fraction of sp³-hybridized carbons (Fsp3) is 0.300. The van der Waals surface area contributed by atoms with Crippen LogP contribution >= 0.6 is 11.8 Å². The van der Waals surface area contributed by atoms with Gasteiger partial charge in [0, 0.05) is 34.0 Å². The first-order valence-electron chi connectivity index (χ1n) is 11.8. The number of furan rings is 2. The van der Waals surface area contributed by atoms with E-state index in [0.29, 0.717) is 5.92 Å². The predicted molar refractivity (Wildman–Crippen MR) is 145 cm³/mol. The summed E-state index contributed by atoms with van der Waals surface area (Å²) in [5.74, 6) is 1.57. The molecule has 3 aromatic heterocycles. The molecular weight excluding hydrogens is 438 g/mol. The van der Waals surface area contributed by atoms with E-state index < -0.39 is 0 Å². The molecule has 0 atom stereocenters. The zero-order valence-electron chi connectivity index (χ0n) is 20.8. The lowest BCUT2D eigenvalue weighted by atomic mass is 9.85. The van der Waals surface area contributed by atoms with Gasteiger partial charge in [-0.15, -0.1) is 0 Å². The van der Waals surface area contributed by atoms with Crippen LogP contribution in [0, 0.1) is 12.8 Å². The largest absolute Gasteiger partial charge is 0.461 e. The Kier molecular flexibility index (Phi) is 5.60. The molecule has 0 unspecified atom stereocenters. The highest BCUT2D eigenvalue weighted by Gasteiger charge is 2.23. The molecule has 0 saturated heterocycles. The summed E-state index contributed by atoms with van der Waals surface area (Å²) < 4.78 is 12.7. The Morgan fingerprint density at radius 1 is 1.03 bits per heavy atom. The number of aryl methyl sites for hydroxylation is 1. The molecule has 2 aromatic carbocycles. The van der Waals surface area contributed by atoms with Gasteiger partial charge in [0.1, 0.15) is 22.5 Å². The molecule has 4 heteroatoms. The van der Waals surface area contributed by atoms with E-state index >= 15 is 0 Å². The van der Waals surface area contributed by atoms with Crippen molar-refractivity contribution in [2.75, 3.05) is 0 Å². The van der Waals surface area contributed by atoms with E-state index in [0.717, 1.165) is 56.3 Å². The van der Waals surface area contributed by atoms with Crippen LogP contribution < -0.4 is 0 Å². The van der Waals surface area contributed by atoms with Crippen molar-refractivity contribution in [2.45, 2.75) is 58.3 Å².